The molecule has 1 heterocycles. The highest BCUT2D eigenvalue weighted by molar-refractivity contribution is 5.53. The van der Waals surface area contributed by atoms with Gasteiger partial charge in [0, 0.05) is 12.1 Å². The van der Waals surface area contributed by atoms with Gasteiger partial charge < -0.3 is 10.2 Å². The summed E-state index contributed by atoms with van der Waals surface area (Å²) in [6, 6.07) is 6.00. The highest BCUT2D eigenvalue weighted by Gasteiger charge is 2.09. The van der Waals surface area contributed by atoms with Crippen LogP contribution in [0.25, 0.3) is 11.5 Å². The van der Waals surface area contributed by atoms with Crippen molar-refractivity contribution in [1.29, 1.82) is 0 Å². The Morgan fingerprint density at radius 3 is 2.53 bits per heavy atom. The van der Waals surface area contributed by atoms with E-state index in [-0.39, 0.29) is 5.82 Å². The fraction of sp³-hybridized carbons (Fsp3) is 0.182. The van der Waals surface area contributed by atoms with Gasteiger partial charge in [0.05, 0.1) is 5.69 Å². The predicted octanol–water partition coefficient (Wildman–Crippen LogP) is 2.25. The molecule has 2 rings (SSSR count). The molecule has 0 atom stereocenters. The van der Waals surface area contributed by atoms with E-state index >= 15 is 0 Å². The van der Waals surface area contributed by atoms with Gasteiger partial charge in [-0.15, -0.1) is 0 Å². The molecular formula is C11H11FN2O. The van der Waals surface area contributed by atoms with E-state index in [0.717, 1.165) is 11.3 Å². The predicted molar refractivity (Wildman–Crippen MR) is 54.5 cm³/mol. The number of hydrogen-bond acceptors (Lipinski definition) is 3. The van der Waals surface area contributed by atoms with Gasteiger partial charge in [0.2, 0.25) is 5.89 Å². The normalized spacial score (nSPS) is 10.6. The molecule has 0 bridgehead atoms. The third kappa shape index (κ3) is 1.89. The minimum Gasteiger partial charge on any atom is -0.441 e. The van der Waals surface area contributed by atoms with E-state index in [1.54, 1.807) is 12.1 Å². The molecule has 2 N–H and O–H groups in total. The van der Waals surface area contributed by atoms with Crippen LogP contribution in [-0.4, -0.2) is 4.98 Å². The monoisotopic (exact) mass is 206 g/mol. The van der Waals surface area contributed by atoms with Crippen LogP contribution in [0.5, 0.6) is 0 Å². The fourth-order valence-electron chi connectivity index (χ4n) is 1.33. The van der Waals surface area contributed by atoms with E-state index in [2.05, 4.69) is 4.98 Å². The topological polar surface area (TPSA) is 52.0 Å². The summed E-state index contributed by atoms with van der Waals surface area (Å²) in [4.78, 5) is 4.21. The Morgan fingerprint density at radius 1 is 1.33 bits per heavy atom. The number of nitrogens with zero attached hydrogens (tertiary/aromatic N) is 1. The van der Waals surface area contributed by atoms with Crippen molar-refractivity contribution in [3.8, 4) is 11.5 Å². The van der Waals surface area contributed by atoms with Crippen molar-refractivity contribution < 1.29 is 8.81 Å². The van der Waals surface area contributed by atoms with Crippen LogP contribution >= 0.6 is 0 Å². The average Bonchev–Trinajstić information content (AvgIpc) is 2.61. The maximum atomic E-state index is 12.7. The summed E-state index contributed by atoms with van der Waals surface area (Å²) < 4.78 is 18.1. The number of hydrogen-bond donors (Lipinski definition) is 1. The molecule has 0 saturated carbocycles. The van der Waals surface area contributed by atoms with Gasteiger partial charge in [-0.25, -0.2) is 9.37 Å². The summed E-state index contributed by atoms with van der Waals surface area (Å²) in [7, 11) is 0. The second-order valence-corrected chi connectivity index (χ2v) is 3.23. The molecule has 1 aromatic heterocycles. The molecule has 2 aromatic rings. The lowest BCUT2D eigenvalue weighted by molar-refractivity contribution is 0.539. The quantitative estimate of drug-likeness (QED) is 0.819. The van der Waals surface area contributed by atoms with Gasteiger partial charge in [0.25, 0.3) is 0 Å². The summed E-state index contributed by atoms with van der Waals surface area (Å²) in [5, 5.41) is 0. The molecule has 0 spiro atoms. The lowest BCUT2D eigenvalue weighted by Gasteiger charge is -1.93. The summed E-state index contributed by atoms with van der Waals surface area (Å²) in [5.41, 5.74) is 6.96. The van der Waals surface area contributed by atoms with E-state index < -0.39 is 0 Å². The van der Waals surface area contributed by atoms with Crippen LogP contribution in [-0.2, 0) is 6.54 Å². The Balaban J connectivity index is 2.41. The number of oxazole rings is 1. The van der Waals surface area contributed by atoms with E-state index in [9.17, 15) is 4.39 Å². The Bertz CT molecular complexity index is 462. The Hall–Kier alpha value is -1.68. The lowest BCUT2D eigenvalue weighted by Crippen LogP contribution is -1.97. The highest BCUT2D eigenvalue weighted by Crippen LogP contribution is 2.21. The first-order chi connectivity index (χ1) is 7.20. The molecule has 4 heteroatoms. The maximum absolute atomic E-state index is 12.7. The van der Waals surface area contributed by atoms with Crippen LogP contribution in [0.1, 0.15) is 11.5 Å². The Morgan fingerprint density at radius 2 is 2.00 bits per heavy atom. The minimum absolute atomic E-state index is 0.277. The van der Waals surface area contributed by atoms with Crippen molar-refractivity contribution in [2.75, 3.05) is 0 Å². The van der Waals surface area contributed by atoms with Gasteiger partial charge in [-0.3, -0.25) is 0 Å². The van der Waals surface area contributed by atoms with Gasteiger partial charge in [-0.2, -0.15) is 0 Å². The van der Waals surface area contributed by atoms with Gasteiger partial charge >= 0.3 is 0 Å². The number of benzene rings is 1. The fourth-order valence-corrected chi connectivity index (χ4v) is 1.33. The zero-order valence-corrected chi connectivity index (χ0v) is 8.33. The zero-order valence-electron chi connectivity index (χ0n) is 8.33. The van der Waals surface area contributed by atoms with Gasteiger partial charge in [0.15, 0.2) is 0 Å². The minimum atomic E-state index is -0.277. The molecule has 1 aromatic carbocycles. The number of halogens is 1. The van der Waals surface area contributed by atoms with Crippen LogP contribution in [0.4, 0.5) is 4.39 Å². The first-order valence-electron chi connectivity index (χ1n) is 4.63. The lowest BCUT2D eigenvalue weighted by atomic mass is 10.2. The maximum Gasteiger partial charge on any atom is 0.226 e. The smallest absolute Gasteiger partial charge is 0.226 e. The summed E-state index contributed by atoms with van der Waals surface area (Å²) >= 11 is 0. The molecule has 78 valence electrons. The van der Waals surface area contributed by atoms with Crippen molar-refractivity contribution in [2.45, 2.75) is 13.5 Å². The molecule has 0 fully saturated rings. The van der Waals surface area contributed by atoms with Crippen LogP contribution in [0, 0.1) is 12.7 Å². The molecule has 0 aliphatic rings. The Labute approximate surface area is 86.7 Å². The molecule has 0 aliphatic carbocycles. The summed E-state index contributed by atoms with van der Waals surface area (Å²) in [5.74, 6) is 0.908. The van der Waals surface area contributed by atoms with E-state index in [1.165, 1.54) is 12.1 Å². The first kappa shape index (κ1) is 9.86. The van der Waals surface area contributed by atoms with Crippen molar-refractivity contribution in [2.24, 2.45) is 5.73 Å². The highest BCUT2D eigenvalue weighted by atomic mass is 19.1. The largest absolute Gasteiger partial charge is 0.441 e. The SMILES string of the molecule is Cc1oc(-c2ccc(F)cc2)nc1CN. The van der Waals surface area contributed by atoms with Crippen molar-refractivity contribution in [1.82, 2.24) is 4.98 Å². The van der Waals surface area contributed by atoms with Crippen LogP contribution in [0.2, 0.25) is 0 Å². The average molecular weight is 206 g/mol. The van der Waals surface area contributed by atoms with E-state index in [4.69, 9.17) is 10.2 Å². The molecule has 0 unspecified atom stereocenters. The second-order valence-electron chi connectivity index (χ2n) is 3.23. The van der Waals surface area contributed by atoms with E-state index in [1.807, 2.05) is 6.92 Å². The summed E-state index contributed by atoms with van der Waals surface area (Å²) in [6.45, 7) is 2.15. The molecular weight excluding hydrogens is 195 g/mol. The molecule has 0 radical (unpaired) electrons. The van der Waals surface area contributed by atoms with E-state index in [0.29, 0.717) is 18.2 Å². The summed E-state index contributed by atoms with van der Waals surface area (Å²) in [6.07, 6.45) is 0. The third-order valence-electron chi connectivity index (χ3n) is 2.18. The third-order valence-corrected chi connectivity index (χ3v) is 2.18. The molecule has 3 nitrogen and oxygen atoms in total. The van der Waals surface area contributed by atoms with Crippen molar-refractivity contribution in [3.05, 3.63) is 41.5 Å². The van der Waals surface area contributed by atoms with Crippen LogP contribution in [0.3, 0.4) is 0 Å². The van der Waals surface area contributed by atoms with Crippen LogP contribution in [0.15, 0.2) is 28.7 Å². The first-order valence-corrected chi connectivity index (χ1v) is 4.63. The molecule has 15 heavy (non-hydrogen) atoms. The second kappa shape index (κ2) is 3.82. The number of nitrogens with two attached hydrogens (primary N) is 1. The zero-order chi connectivity index (χ0) is 10.8. The van der Waals surface area contributed by atoms with Crippen LogP contribution < -0.4 is 5.73 Å². The number of aromatic nitrogens is 1. The van der Waals surface area contributed by atoms with Gasteiger partial charge in [0.1, 0.15) is 11.6 Å². The van der Waals surface area contributed by atoms with Gasteiger partial charge in [-0.1, -0.05) is 0 Å². The van der Waals surface area contributed by atoms with Crippen molar-refractivity contribution >= 4 is 0 Å². The molecule has 0 saturated heterocycles. The van der Waals surface area contributed by atoms with Gasteiger partial charge in [-0.05, 0) is 31.2 Å². The Kier molecular flexibility index (Phi) is 2.51. The molecule has 0 aliphatic heterocycles. The molecule has 0 amide bonds. The van der Waals surface area contributed by atoms with Crippen molar-refractivity contribution in [3.63, 3.8) is 0 Å². The number of aryl methyl sites for hydroxylation is 1. The number of rotatable bonds is 2. The standard InChI is InChI=1S/C11H11FN2O/c1-7-10(6-13)14-11(15-7)8-2-4-9(12)5-3-8/h2-5H,6,13H2,1H3.